The fourth-order valence-electron chi connectivity index (χ4n) is 4.68. The topological polar surface area (TPSA) is 89.9 Å². The molecule has 0 saturated carbocycles. The lowest BCUT2D eigenvalue weighted by Crippen LogP contribution is -2.25. The van der Waals surface area contributed by atoms with Crippen LogP contribution in [0.15, 0.2) is 49.1 Å². The molecule has 3 aromatic heterocycles. The molecule has 0 atom stereocenters. The van der Waals surface area contributed by atoms with E-state index in [0.29, 0.717) is 12.2 Å². The predicted molar refractivity (Wildman–Crippen MR) is 144 cm³/mol. The van der Waals surface area contributed by atoms with Crippen molar-refractivity contribution in [3.8, 4) is 11.8 Å². The van der Waals surface area contributed by atoms with E-state index in [-0.39, 0.29) is 0 Å². The molecule has 7 nitrogen and oxygen atoms in total. The van der Waals surface area contributed by atoms with Gasteiger partial charge in [-0.2, -0.15) is 5.26 Å². The molecule has 4 heterocycles. The number of benzene rings is 1. The van der Waals surface area contributed by atoms with Crippen molar-refractivity contribution in [3.63, 3.8) is 0 Å². The first-order chi connectivity index (χ1) is 17.6. The van der Waals surface area contributed by atoms with Crippen molar-refractivity contribution in [3.05, 3.63) is 77.0 Å². The van der Waals surface area contributed by atoms with Gasteiger partial charge in [-0.15, -0.1) is 0 Å². The van der Waals surface area contributed by atoms with Crippen molar-refractivity contribution >= 4 is 34.4 Å². The van der Waals surface area contributed by atoms with Crippen molar-refractivity contribution in [1.82, 2.24) is 19.9 Å². The molecule has 36 heavy (non-hydrogen) atoms. The molecule has 1 fully saturated rings. The number of H-pyrrole nitrogens is 1. The van der Waals surface area contributed by atoms with E-state index in [1.807, 2.05) is 43.5 Å². The summed E-state index contributed by atoms with van der Waals surface area (Å²) in [4.78, 5) is 14.5. The van der Waals surface area contributed by atoms with Gasteiger partial charge in [-0.05, 0) is 75.2 Å². The van der Waals surface area contributed by atoms with Gasteiger partial charge < -0.3 is 15.0 Å². The summed E-state index contributed by atoms with van der Waals surface area (Å²) < 4.78 is 5.96. The third-order valence-electron chi connectivity index (χ3n) is 6.75. The molecule has 5 rings (SSSR count). The second-order valence-electron chi connectivity index (χ2n) is 9.14. The molecule has 0 aliphatic carbocycles. The Morgan fingerprint density at radius 2 is 2.00 bits per heavy atom. The molecule has 0 spiro atoms. The molecule has 7 heteroatoms. The summed E-state index contributed by atoms with van der Waals surface area (Å²) in [5.74, 6) is 0.755. The van der Waals surface area contributed by atoms with Gasteiger partial charge in [0.2, 0.25) is 0 Å². The molecule has 0 unspecified atom stereocenters. The fourth-order valence-corrected chi connectivity index (χ4v) is 4.68. The molecule has 2 N–H and O–H groups in total. The first-order valence-electron chi connectivity index (χ1n) is 12.3. The first-order valence-corrected chi connectivity index (χ1v) is 12.3. The Labute approximate surface area is 211 Å². The summed E-state index contributed by atoms with van der Waals surface area (Å²) >= 11 is 0. The molecular formula is C29H30N6O. The smallest absolute Gasteiger partial charge is 0.138 e. The van der Waals surface area contributed by atoms with E-state index < -0.39 is 0 Å². The monoisotopic (exact) mass is 478 g/mol. The van der Waals surface area contributed by atoms with Crippen LogP contribution in [0.5, 0.6) is 5.75 Å². The quantitative estimate of drug-likeness (QED) is 0.331. The summed E-state index contributed by atoms with van der Waals surface area (Å²) in [6, 6.07) is 10.4. The van der Waals surface area contributed by atoms with E-state index in [2.05, 4.69) is 44.2 Å². The molecule has 0 bridgehead atoms. The maximum Gasteiger partial charge on any atom is 0.138 e. The molecule has 1 aliphatic heterocycles. The number of nitriles is 1. The summed E-state index contributed by atoms with van der Waals surface area (Å²) in [6.07, 6.45) is 13.6. The van der Waals surface area contributed by atoms with Gasteiger partial charge in [-0.3, -0.25) is 14.9 Å². The van der Waals surface area contributed by atoms with Crippen LogP contribution in [0.25, 0.3) is 23.1 Å². The average molecular weight is 479 g/mol. The van der Waals surface area contributed by atoms with E-state index in [4.69, 9.17) is 4.74 Å². The third-order valence-corrected chi connectivity index (χ3v) is 6.75. The van der Waals surface area contributed by atoms with E-state index in [1.54, 1.807) is 18.6 Å². The van der Waals surface area contributed by atoms with Gasteiger partial charge in [0.05, 0.1) is 17.4 Å². The standard InChI is InChI=1S/C29H30N6O/c1-20-25-9-10-32-28(25)8-7-27(20)34-29-23(16-30)18-33-21(2)26(29)6-5-22-15-24(19-31-17-22)36-14-13-35-11-3-4-12-35/h5-10,15,17-19,32H,3-4,11-14H2,1-2H3,(H,33,34)/b6-5+. The van der Waals surface area contributed by atoms with Crippen LogP contribution in [-0.4, -0.2) is 46.1 Å². The highest BCUT2D eigenvalue weighted by Gasteiger charge is 2.14. The van der Waals surface area contributed by atoms with Crippen molar-refractivity contribution in [1.29, 1.82) is 5.26 Å². The van der Waals surface area contributed by atoms with Gasteiger partial charge in [0.25, 0.3) is 0 Å². The summed E-state index contributed by atoms with van der Waals surface area (Å²) in [6.45, 7) is 7.94. The molecule has 0 radical (unpaired) electrons. The number of aromatic nitrogens is 3. The van der Waals surface area contributed by atoms with Gasteiger partial charge >= 0.3 is 0 Å². The van der Waals surface area contributed by atoms with Crippen LogP contribution in [0.2, 0.25) is 0 Å². The summed E-state index contributed by atoms with van der Waals surface area (Å²) in [5, 5.41) is 14.5. The number of ether oxygens (including phenoxy) is 1. The van der Waals surface area contributed by atoms with Crippen LogP contribution in [0.1, 0.15) is 40.8 Å². The number of hydrogen-bond donors (Lipinski definition) is 2. The summed E-state index contributed by atoms with van der Waals surface area (Å²) in [5.41, 5.74) is 7.00. The molecule has 1 aliphatic rings. The second kappa shape index (κ2) is 10.6. The minimum absolute atomic E-state index is 0.492. The Morgan fingerprint density at radius 1 is 1.14 bits per heavy atom. The van der Waals surface area contributed by atoms with Crippen LogP contribution >= 0.6 is 0 Å². The number of nitrogens with one attached hydrogen (secondary N) is 2. The number of hydrogen-bond acceptors (Lipinski definition) is 6. The van der Waals surface area contributed by atoms with Crippen molar-refractivity contribution in [2.24, 2.45) is 0 Å². The number of aromatic amines is 1. The molecule has 182 valence electrons. The second-order valence-corrected chi connectivity index (χ2v) is 9.14. The minimum atomic E-state index is 0.492. The number of anilines is 2. The van der Waals surface area contributed by atoms with Crippen LogP contribution in [-0.2, 0) is 0 Å². The Kier molecular flexibility index (Phi) is 6.96. The van der Waals surface area contributed by atoms with E-state index in [1.165, 1.54) is 12.8 Å². The fraction of sp³-hybridized carbons (Fsp3) is 0.276. The van der Waals surface area contributed by atoms with Crippen molar-refractivity contribution in [2.45, 2.75) is 26.7 Å². The lowest BCUT2D eigenvalue weighted by molar-refractivity contribution is 0.237. The Bertz CT molecular complexity index is 1440. The van der Waals surface area contributed by atoms with E-state index >= 15 is 0 Å². The summed E-state index contributed by atoms with van der Waals surface area (Å²) in [7, 11) is 0. The SMILES string of the molecule is Cc1ncc(C#N)c(Nc2ccc3[nH]ccc3c2C)c1/C=C/c1cncc(OCCN2CCCC2)c1. The van der Waals surface area contributed by atoms with Gasteiger partial charge in [-0.25, -0.2) is 0 Å². The Morgan fingerprint density at radius 3 is 2.83 bits per heavy atom. The normalized spacial score (nSPS) is 13.9. The molecule has 0 amide bonds. The molecule has 4 aromatic rings. The number of aryl methyl sites for hydroxylation is 2. The highest BCUT2D eigenvalue weighted by molar-refractivity contribution is 5.90. The van der Waals surface area contributed by atoms with Gasteiger partial charge in [0.1, 0.15) is 18.4 Å². The largest absolute Gasteiger partial charge is 0.491 e. The number of rotatable bonds is 8. The number of nitrogens with zero attached hydrogens (tertiary/aromatic N) is 4. The molecule has 1 saturated heterocycles. The number of pyridine rings is 2. The number of likely N-dealkylation sites (tertiary alicyclic amines) is 1. The van der Waals surface area contributed by atoms with Crippen LogP contribution in [0.3, 0.4) is 0 Å². The molecular weight excluding hydrogens is 448 g/mol. The molecule has 1 aromatic carbocycles. The third kappa shape index (κ3) is 5.09. The predicted octanol–water partition coefficient (Wildman–Crippen LogP) is 5.84. The van der Waals surface area contributed by atoms with Gasteiger partial charge in [-0.1, -0.05) is 12.2 Å². The van der Waals surface area contributed by atoms with Crippen LogP contribution < -0.4 is 10.1 Å². The zero-order valence-corrected chi connectivity index (χ0v) is 20.7. The van der Waals surface area contributed by atoms with E-state index in [9.17, 15) is 5.26 Å². The van der Waals surface area contributed by atoms with Crippen molar-refractivity contribution < 1.29 is 4.74 Å². The minimum Gasteiger partial charge on any atom is -0.491 e. The maximum absolute atomic E-state index is 9.81. The lowest BCUT2D eigenvalue weighted by Gasteiger charge is -2.16. The van der Waals surface area contributed by atoms with Crippen LogP contribution in [0.4, 0.5) is 11.4 Å². The van der Waals surface area contributed by atoms with E-state index in [0.717, 1.165) is 70.0 Å². The van der Waals surface area contributed by atoms with Crippen molar-refractivity contribution in [2.75, 3.05) is 31.6 Å². The van der Waals surface area contributed by atoms with Crippen LogP contribution in [0, 0.1) is 25.2 Å². The van der Waals surface area contributed by atoms with Gasteiger partial charge in [0.15, 0.2) is 0 Å². The van der Waals surface area contributed by atoms with Gasteiger partial charge in [0, 0.05) is 53.0 Å². The highest BCUT2D eigenvalue weighted by atomic mass is 16.5. The lowest BCUT2D eigenvalue weighted by atomic mass is 10.0. The highest BCUT2D eigenvalue weighted by Crippen LogP contribution is 2.32. The number of fused-ring (bicyclic) bond motifs is 1. The zero-order chi connectivity index (χ0) is 24.9. The first kappa shape index (κ1) is 23.6. The Balaban J connectivity index is 1.39. The average Bonchev–Trinajstić information content (AvgIpc) is 3.58. The maximum atomic E-state index is 9.81. The zero-order valence-electron chi connectivity index (χ0n) is 20.7. The Hall–Kier alpha value is -4.15.